The molecule has 0 saturated carbocycles. The monoisotopic (exact) mass is 394 g/mol. The number of anilines is 2. The van der Waals surface area contributed by atoms with Crippen molar-refractivity contribution in [2.75, 3.05) is 10.6 Å². The second kappa shape index (κ2) is 8.49. The van der Waals surface area contributed by atoms with Gasteiger partial charge in [-0.05, 0) is 47.5 Å². The molecule has 0 bridgehead atoms. The van der Waals surface area contributed by atoms with Crippen LogP contribution in [0.25, 0.3) is 0 Å². The van der Waals surface area contributed by atoms with Gasteiger partial charge in [0.1, 0.15) is 0 Å². The highest BCUT2D eigenvalue weighted by Gasteiger charge is 2.04. The lowest BCUT2D eigenvalue weighted by Gasteiger charge is -2.09. The van der Waals surface area contributed by atoms with Crippen molar-refractivity contribution >= 4 is 33.2 Å². The summed E-state index contributed by atoms with van der Waals surface area (Å²) in [6.07, 6.45) is 0.362. The Hall–Kier alpha value is -2.59. The zero-order chi connectivity index (χ0) is 17.5. The van der Waals surface area contributed by atoms with Crippen molar-refractivity contribution < 1.29 is 4.79 Å². The Morgan fingerprint density at radius 3 is 2.08 bits per heavy atom. The number of carbonyl (C=O) groups is 1. The smallest absolute Gasteiger partial charge is 0.228 e. The molecule has 0 aromatic heterocycles. The number of benzene rings is 3. The van der Waals surface area contributed by atoms with Crippen LogP contribution in [0.3, 0.4) is 0 Å². The van der Waals surface area contributed by atoms with Gasteiger partial charge < -0.3 is 10.6 Å². The third-order valence-electron chi connectivity index (χ3n) is 3.79. The van der Waals surface area contributed by atoms with E-state index in [1.54, 1.807) is 0 Å². The Kier molecular flexibility index (Phi) is 5.86. The molecule has 126 valence electrons. The fourth-order valence-corrected chi connectivity index (χ4v) is 2.73. The van der Waals surface area contributed by atoms with Crippen molar-refractivity contribution in [3.8, 4) is 0 Å². The van der Waals surface area contributed by atoms with Crippen molar-refractivity contribution in [3.63, 3.8) is 0 Å². The van der Waals surface area contributed by atoms with Gasteiger partial charge in [0.05, 0.1) is 6.42 Å². The molecular formula is C21H19BrN2O. The van der Waals surface area contributed by atoms with Crippen LogP contribution < -0.4 is 10.6 Å². The Balaban J connectivity index is 1.51. The summed E-state index contributed by atoms with van der Waals surface area (Å²) in [4.78, 5) is 12.1. The molecule has 0 aliphatic carbocycles. The van der Waals surface area contributed by atoms with E-state index < -0.39 is 0 Å². The summed E-state index contributed by atoms with van der Waals surface area (Å²) >= 11 is 3.39. The SMILES string of the molecule is O=C(Cc1ccc(Br)cc1)Nc1ccc(NCc2ccccc2)cc1. The zero-order valence-corrected chi connectivity index (χ0v) is 15.3. The molecule has 3 aromatic carbocycles. The summed E-state index contributed by atoms with van der Waals surface area (Å²) in [6, 6.07) is 25.8. The van der Waals surface area contributed by atoms with Gasteiger partial charge in [0.25, 0.3) is 0 Å². The van der Waals surface area contributed by atoms with Crippen LogP contribution >= 0.6 is 15.9 Å². The molecule has 0 saturated heterocycles. The third kappa shape index (κ3) is 5.47. The summed E-state index contributed by atoms with van der Waals surface area (Å²) in [5.74, 6) is -0.0210. The number of hydrogen-bond donors (Lipinski definition) is 2. The zero-order valence-electron chi connectivity index (χ0n) is 13.7. The Bertz CT molecular complexity index is 815. The number of hydrogen-bond acceptors (Lipinski definition) is 2. The van der Waals surface area contributed by atoms with E-state index in [-0.39, 0.29) is 5.91 Å². The van der Waals surface area contributed by atoms with Crippen LogP contribution in [0.15, 0.2) is 83.3 Å². The van der Waals surface area contributed by atoms with Crippen molar-refractivity contribution in [1.82, 2.24) is 0 Å². The highest BCUT2D eigenvalue weighted by molar-refractivity contribution is 9.10. The van der Waals surface area contributed by atoms with Gasteiger partial charge in [-0.1, -0.05) is 58.4 Å². The maximum Gasteiger partial charge on any atom is 0.228 e. The van der Waals surface area contributed by atoms with Gasteiger partial charge in [-0.25, -0.2) is 0 Å². The maximum absolute atomic E-state index is 12.1. The van der Waals surface area contributed by atoms with Gasteiger partial charge in [-0.3, -0.25) is 4.79 Å². The number of nitrogens with one attached hydrogen (secondary N) is 2. The molecule has 2 N–H and O–H groups in total. The molecule has 0 spiro atoms. The molecule has 0 fully saturated rings. The number of carbonyl (C=O) groups excluding carboxylic acids is 1. The Labute approximate surface area is 156 Å². The van der Waals surface area contributed by atoms with Gasteiger partial charge in [-0.15, -0.1) is 0 Å². The van der Waals surface area contributed by atoms with Crippen LogP contribution in [0.4, 0.5) is 11.4 Å². The number of rotatable bonds is 6. The number of amides is 1. The molecule has 3 rings (SSSR count). The predicted molar refractivity (Wildman–Crippen MR) is 107 cm³/mol. The first-order chi connectivity index (χ1) is 12.2. The molecule has 0 atom stereocenters. The minimum absolute atomic E-state index is 0.0210. The molecule has 0 aliphatic rings. The normalized spacial score (nSPS) is 10.3. The predicted octanol–water partition coefficient (Wildman–Crippen LogP) is 5.24. The van der Waals surface area contributed by atoms with Gasteiger partial charge in [0.15, 0.2) is 0 Å². The van der Waals surface area contributed by atoms with E-state index in [9.17, 15) is 4.79 Å². The fourth-order valence-electron chi connectivity index (χ4n) is 2.46. The number of halogens is 1. The van der Waals surface area contributed by atoms with E-state index >= 15 is 0 Å². The molecule has 0 aliphatic heterocycles. The van der Waals surface area contributed by atoms with Crippen LogP contribution in [-0.4, -0.2) is 5.91 Å². The lowest BCUT2D eigenvalue weighted by molar-refractivity contribution is -0.115. The third-order valence-corrected chi connectivity index (χ3v) is 4.31. The van der Waals surface area contributed by atoms with Crippen LogP contribution in [0.1, 0.15) is 11.1 Å². The summed E-state index contributed by atoms with van der Waals surface area (Å²) in [5, 5.41) is 6.30. The van der Waals surface area contributed by atoms with Crippen molar-refractivity contribution in [2.45, 2.75) is 13.0 Å². The summed E-state index contributed by atoms with van der Waals surface area (Å²) in [7, 11) is 0. The van der Waals surface area contributed by atoms with Crippen LogP contribution in [0.5, 0.6) is 0 Å². The largest absolute Gasteiger partial charge is 0.381 e. The van der Waals surface area contributed by atoms with E-state index in [2.05, 4.69) is 38.7 Å². The molecule has 4 heteroatoms. The highest BCUT2D eigenvalue weighted by atomic mass is 79.9. The van der Waals surface area contributed by atoms with Gasteiger partial charge >= 0.3 is 0 Å². The van der Waals surface area contributed by atoms with E-state index in [0.717, 1.165) is 28.0 Å². The summed E-state index contributed by atoms with van der Waals surface area (Å²) < 4.78 is 1.01. The highest BCUT2D eigenvalue weighted by Crippen LogP contribution is 2.16. The lowest BCUT2D eigenvalue weighted by atomic mass is 10.1. The molecule has 0 radical (unpaired) electrons. The van der Waals surface area contributed by atoms with Gasteiger partial charge in [0, 0.05) is 22.4 Å². The van der Waals surface area contributed by atoms with Crippen LogP contribution in [0.2, 0.25) is 0 Å². The van der Waals surface area contributed by atoms with Crippen LogP contribution in [0, 0.1) is 0 Å². The molecule has 25 heavy (non-hydrogen) atoms. The minimum Gasteiger partial charge on any atom is -0.381 e. The average molecular weight is 395 g/mol. The van der Waals surface area contributed by atoms with Crippen LogP contribution in [-0.2, 0) is 17.8 Å². The molecule has 0 heterocycles. The molecule has 3 nitrogen and oxygen atoms in total. The first kappa shape index (κ1) is 17.2. The van der Waals surface area contributed by atoms with E-state index in [1.807, 2.05) is 66.7 Å². The molecule has 1 amide bonds. The van der Waals surface area contributed by atoms with Gasteiger partial charge in [-0.2, -0.15) is 0 Å². The summed E-state index contributed by atoms with van der Waals surface area (Å²) in [5.41, 5.74) is 4.04. The molecular weight excluding hydrogens is 376 g/mol. The Morgan fingerprint density at radius 1 is 0.760 bits per heavy atom. The van der Waals surface area contributed by atoms with Crippen molar-refractivity contribution in [2.24, 2.45) is 0 Å². The van der Waals surface area contributed by atoms with E-state index in [1.165, 1.54) is 5.56 Å². The average Bonchev–Trinajstić information content (AvgIpc) is 2.64. The second-order valence-corrected chi connectivity index (χ2v) is 6.68. The fraction of sp³-hybridized carbons (Fsp3) is 0.0952. The Morgan fingerprint density at radius 2 is 1.40 bits per heavy atom. The second-order valence-electron chi connectivity index (χ2n) is 5.77. The van der Waals surface area contributed by atoms with Crippen molar-refractivity contribution in [3.05, 3.63) is 94.5 Å². The quantitative estimate of drug-likeness (QED) is 0.599. The first-order valence-corrected chi connectivity index (χ1v) is 8.90. The minimum atomic E-state index is -0.0210. The molecule has 0 unspecified atom stereocenters. The topological polar surface area (TPSA) is 41.1 Å². The summed E-state index contributed by atoms with van der Waals surface area (Å²) in [6.45, 7) is 0.774. The molecule has 3 aromatic rings. The maximum atomic E-state index is 12.1. The lowest BCUT2D eigenvalue weighted by Crippen LogP contribution is -2.14. The standard InChI is InChI=1S/C21H19BrN2O/c22-18-8-6-16(7-9-18)14-21(25)24-20-12-10-19(11-13-20)23-15-17-4-2-1-3-5-17/h1-13,23H,14-15H2,(H,24,25). The van der Waals surface area contributed by atoms with Crippen molar-refractivity contribution in [1.29, 1.82) is 0 Å². The van der Waals surface area contributed by atoms with E-state index in [0.29, 0.717) is 6.42 Å². The van der Waals surface area contributed by atoms with E-state index in [4.69, 9.17) is 0 Å². The first-order valence-electron chi connectivity index (χ1n) is 8.11. The van der Waals surface area contributed by atoms with Gasteiger partial charge in [0.2, 0.25) is 5.91 Å².